The van der Waals surface area contributed by atoms with E-state index in [-0.39, 0.29) is 18.3 Å². The van der Waals surface area contributed by atoms with Crippen molar-refractivity contribution in [2.24, 2.45) is 5.73 Å². The Morgan fingerprint density at radius 2 is 2.23 bits per heavy atom. The predicted molar refractivity (Wildman–Crippen MR) is 53.0 cm³/mol. The SMILES string of the molecule is NCC(CO)c1ccc(F)cc1Br. The molecule has 4 heteroatoms. The summed E-state index contributed by atoms with van der Waals surface area (Å²) in [4.78, 5) is 0. The maximum absolute atomic E-state index is 12.7. The van der Waals surface area contributed by atoms with E-state index < -0.39 is 0 Å². The van der Waals surface area contributed by atoms with Gasteiger partial charge in [-0.1, -0.05) is 22.0 Å². The second-order valence-electron chi connectivity index (χ2n) is 2.78. The number of rotatable bonds is 3. The number of aliphatic hydroxyl groups is 1. The molecule has 1 aromatic rings. The maximum atomic E-state index is 12.7. The van der Waals surface area contributed by atoms with E-state index in [1.165, 1.54) is 12.1 Å². The fourth-order valence-electron chi connectivity index (χ4n) is 1.13. The minimum atomic E-state index is -0.302. The lowest BCUT2D eigenvalue weighted by Gasteiger charge is -2.13. The predicted octanol–water partition coefficient (Wildman–Crippen LogP) is 1.62. The number of halogens is 2. The summed E-state index contributed by atoms with van der Waals surface area (Å²) >= 11 is 3.22. The van der Waals surface area contributed by atoms with Crippen LogP contribution in [-0.2, 0) is 0 Å². The fraction of sp³-hybridized carbons (Fsp3) is 0.333. The Hall–Kier alpha value is -0.450. The molecule has 0 aliphatic rings. The van der Waals surface area contributed by atoms with E-state index >= 15 is 0 Å². The van der Waals surface area contributed by atoms with Gasteiger partial charge in [0.2, 0.25) is 0 Å². The average molecular weight is 248 g/mol. The number of hydrogen-bond acceptors (Lipinski definition) is 2. The van der Waals surface area contributed by atoms with Crippen LogP contribution in [0.2, 0.25) is 0 Å². The van der Waals surface area contributed by atoms with Crippen LogP contribution in [0.4, 0.5) is 4.39 Å². The Kier molecular flexibility index (Phi) is 3.84. The van der Waals surface area contributed by atoms with Gasteiger partial charge in [-0.3, -0.25) is 0 Å². The van der Waals surface area contributed by atoms with Gasteiger partial charge in [-0.15, -0.1) is 0 Å². The van der Waals surface area contributed by atoms with Crippen molar-refractivity contribution < 1.29 is 9.50 Å². The van der Waals surface area contributed by atoms with E-state index in [9.17, 15) is 4.39 Å². The van der Waals surface area contributed by atoms with E-state index in [2.05, 4.69) is 15.9 Å². The Morgan fingerprint density at radius 3 is 2.69 bits per heavy atom. The summed E-state index contributed by atoms with van der Waals surface area (Å²) < 4.78 is 13.3. The van der Waals surface area contributed by atoms with Crippen LogP contribution in [0, 0.1) is 5.82 Å². The van der Waals surface area contributed by atoms with Gasteiger partial charge in [-0.25, -0.2) is 4.39 Å². The normalized spacial score (nSPS) is 12.9. The molecule has 3 N–H and O–H groups in total. The first-order valence-corrected chi connectivity index (χ1v) is 4.74. The van der Waals surface area contributed by atoms with Crippen molar-refractivity contribution in [3.8, 4) is 0 Å². The Bertz CT molecular complexity index is 289. The number of aliphatic hydroxyl groups excluding tert-OH is 1. The number of benzene rings is 1. The molecule has 0 heterocycles. The molecule has 0 spiro atoms. The molecule has 0 amide bonds. The van der Waals surface area contributed by atoms with Crippen LogP contribution in [0.5, 0.6) is 0 Å². The molecule has 0 saturated heterocycles. The third-order valence-corrected chi connectivity index (χ3v) is 2.59. The summed E-state index contributed by atoms with van der Waals surface area (Å²) in [6.07, 6.45) is 0. The van der Waals surface area contributed by atoms with Crippen LogP contribution < -0.4 is 5.73 Å². The van der Waals surface area contributed by atoms with Crippen LogP contribution in [0.1, 0.15) is 11.5 Å². The molecule has 2 nitrogen and oxygen atoms in total. The summed E-state index contributed by atoms with van der Waals surface area (Å²) in [5.74, 6) is -0.431. The maximum Gasteiger partial charge on any atom is 0.124 e. The Labute approximate surface area is 84.7 Å². The lowest BCUT2D eigenvalue weighted by Crippen LogP contribution is -2.16. The highest BCUT2D eigenvalue weighted by atomic mass is 79.9. The molecule has 1 aromatic carbocycles. The van der Waals surface area contributed by atoms with Crippen LogP contribution >= 0.6 is 15.9 Å². The minimum absolute atomic E-state index is 0.0271. The average Bonchev–Trinajstić information content (AvgIpc) is 2.10. The van der Waals surface area contributed by atoms with Crippen molar-refractivity contribution in [1.29, 1.82) is 0 Å². The summed E-state index contributed by atoms with van der Waals surface area (Å²) in [7, 11) is 0. The van der Waals surface area contributed by atoms with Gasteiger partial charge in [0.25, 0.3) is 0 Å². The standard InChI is InChI=1S/C9H11BrFNO/c10-9-3-7(11)1-2-8(9)6(4-12)5-13/h1-3,6,13H,4-5,12H2. The lowest BCUT2D eigenvalue weighted by atomic mass is 10.0. The van der Waals surface area contributed by atoms with Gasteiger partial charge in [0, 0.05) is 16.9 Å². The molecule has 1 unspecified atom stereocenters. The van der Waals surface area contributed by atoms with Crippen molar-refractivity contribution in [1.82, 2.24) is 0 Å². The van der Waals surface area contributed by atoms with Gasteiger partial charge in [-0.2, -0.15) is 0 Å². The van der Waals surface area contributed by atoms with Crippen molar-refractivity contribution in [2.45, 2.75) is 5.92 Å². The molecule has 0 aromatic heterocycles. The third kappa shape index (κ3) is 2.49. The molecular formula is C9H11BrFNO. The first-order chi connectivity index (χ1) is 6.19. The van der Waals surface area contributed by atoms with Gasteiger partial charge in [0.15, 0.2) is 0 Å². The number of nitrogens with two attached hydrogens (primary N) is 1. The molecule has 0 aliphatic carbocycles. The van der Waals surface area contributed by atoms with Gasteiger partial charge >= 0.3 is 0 Å². The molecule has 0 aliphatic heterocycles. The molecule has 1 atom stereocenters. The van der Waals surface area contributed by atoms with E-state index in [4.69, 9.17) is 10.8 Å². The van der Waals surface area contributed by atoms with Crippen LogP contribution in [0.25, 0.3) is 0 Å². The monoisotopic (exact) mass is 247 g/mol. The van der Waals surface area contributed by atoms with Crippen molar-refractivity contribution >= 4 is 15.9 Å². The quantitative estimate of drug-likeness (QED) is 0.853. The van der Waals surface area contributed by atoms with E-state index in [1.54, 1.807) is 6.07 Å². The van der Waals surface area contributed by atoms with Crippen molar-refractivity contribution in [3.05, 3.63) is 34.1 Å². The Morgan fingerprint density at radius 1 is 1.54 bits per heavy atom. The van der Waals surface area contributed by atoms with Gasteiger partial charge in [0.1, 0.15) is 5.82 Å². The fourth-order valence-corrected chi connectivity index (χ4v) is 1.81. The van der Waals surface area contributed by atoms with Gasteiger partial charge in [-0.05, 0) is 17.7 Å². The molecule has 13 heavy (non-hydrogen) atoms. The van der Waals surface area contributed by atoms with Crippen LogP contribution in [0.3, 0.4) is 0 Å². The molecule has 0 bridgehead atoms. The highest BCUT2D eigenvalue weighted by molar-refractivity contribution is 9.10. The summed E-state index contributed by atoms with van der Waals surface area (Å²) in [6, 6.07) is 4.36. The zero-order chi connectivity index (χ0) is 9.84. The minimum Gasteiger partial charge on any atom is -0.396 e. The molecule has 1 rings (SSSR count). The summed E-state index contributed by atoms with van der Waals surface area (Å²) in [6.45, 7) is 0.321. The highest BCUT2D eigenvalue weighted by Crippen LogP contribution is 2.24. The lowest BCUT2D eigenvalue weighted by molar-refractivity contribution is 0.267. The van der Waals surface area contributed by atoms with E-state index in [0.717, 1.165) is 5.56 Å². The Balaban J connectivity index is 2.99. The summed E-state index contributed by atoms with van der Waals surface area (Å²) in [5.41, 5.74) is 6.29. The van der Waals surface area contributed by atoms with Gasteiger partial charge < -0.3 is 10.8 Å². The summed E-state index contributed by atoms with van der Waals surface area (Å²) in [5, 5.41) is 8.98. The number of hydrogen-bond donors (Lipinski definition) is 2. The molecule has 0 fully saturated rings. The van der Waals surface area contributed by atoms with E-state index in [1.807, 2.05) is 0 Å². The molecule has 0 saturated carbocycles. The van der Waals surface area contributed by atoms with Crippen LogP contribution in [-0.4, -0.2) is 18.3 Å². The van der Waals surface area contributed by atoms with Crippen molar-refractivity contribution in [3.63, 3.8) is 0 Å². The third-order valence-electron chi connectivity index (χ3n) is 1.91. The molecule has 0 radical (unpaired) electrons. The van der Waals surface area contributed by atoms with Crippen LogP contribution in [0.15, 0.2) is 22.7 Å². The first-order valence-electron chi connectivity index (χ1n) is 3.95. The topological polar surface area (TPSA) is 46.2 Å². The second kappa shape index (κ2) is 4.69. The highest BCUT2D eigenvalue weighted by Gasteiger charge is 2.11. The zero-order valence-electron chi connectivity index (χ0n) is 7.00. The largest absolute Gasteiger partial charge is 0.396 e. The molecule has 72 valence electrons. The van der Waals surface area contributed by atoms with E-state index in [0.29, 0.717) is 11.0 Å². The van der Waals surface area contributed by atoms with Gasteiger partial charge in [0.05, 0.1) is 6.61 Å². The second-order valence-corrected chi connectivity index (χ2v) is 3.64. The zero-order valence-corrected chi connectivity index (χ0v) is 8.59. The smallest absolute Gasteiger partial charge is 0.124 e. The van der Waals surface area contributed by atoms with Crippen molar-refractivity contribution in [2.75, 3.05) is 13.2 Å². The first kappa shape index (κ1) is 10.6. The molecular weight excluding hydrogens is 237 g/mol.